The lowest BCUT2D eigenvalue weighted by molar-refractivity contribution is -0.122. The predicted octanol–water partition coefficient (Wildman–Crippen LogP) is 1.84. The Labute approximate surface area is 151 Å². The molecule has 136 valence electrons. The van der Waals surface area contributed by atoms with Crippen molar-refractivity contribution in [3.63, 3.8) is 0 Å². The Morgan fingerprint density at radius 2 is 1.62 bits per heavy atom. The van der Waals surface area contributed by atoms with Crippen LogP contribution in [0.15, 0.2) is 54.6 Å². The van der Waals surface area contributed by atoms with Gasteiger partial charge >= 0.3 is 6.03 Å². The number of para-hydroxylation sites is 1. The van der Waals surface area contributed by atoms with Crippen LogP contribution < -0.4 is 20.7 Å². The molecule has 0 radical (unpaired) electrons. The second-order valence-corrected chi connectivity index (χ2v) is 5.36. The van der Waals surface area contributed by atoms with Crippen molar-refractivity contribution in [2.75, 3.05) is 13.2 Å². The van der Waals surface area contributed by atoms with E-state index in [1.54, 1.807) is 31.2 Å². The summed E-state index contributed by atoms with van der Waals surface area (Å²) in [6.45, 7) is 2.15. The van der Waals surface area contributed by atoms with E-state index in [-0.39, 0.29) is 18.3 Å². The van der Waals surface area contributed by atoms with Gasteiger partial charge in [-0.05, 0) is 24.6 Å². The minimum atomic E-state index is -0.601. The summed E-state index contributed by atoms with van der Waals surface area (Å²) in [5, 5.41) is 7.39. The van der Waals surface area contributed by atoms with Crippen molar-refractivity contribution in [2.45, 2.75) is 13.5 Å². The van der Waals surface area contributed by atoms with Gasteiger partial charge in [-0.1, -0.05) is 42.5 Å². The van der Waals surface area contributed by atoms with Crippen molar-refractivity contribution in [3.05, 3.63) is 65.7 Å². The fraction of sp³-hybridized carbons (Fsp3) is 0.211. The van der Waals surface area contributed by atoms with Crippen molar-refractivity contribution in [2.24, 2.45) is 0 Å². The molecule has 26 heavy (non-hydrogen) atoms. The van der Waals surface area contributed by atoms with Crippen LogP contribution in [-0.2, 0) is 11.3 Å². The van der Waals surface area contributed by atoms with Gasteiger partial charge in [0.15, 0.2) is 6.61 Å². The highest BCUT2D eigenvalue weighted by molar-refractivity contribution is 5.97. The third-order valence-electron chi connectivity index (χ3n) is 3.38. The van der Waals surface area contributed by atoms with E-state index in [1.807, 2.05) is 30.3 Å². The summed E-state index contributed by atoms with van der Waals surface area (Å²) in [6.07, 6.45) is 0. The van der Waals surface area contributed by atoms with Crippen LogP contribution in [0.3, 0.4) is 0 Å². The summed E-state index contributed by atoms with van der Waals surface area (Å²) in [6, 6.07) is 15.5. The van der Waals surface area contributed by atoms with Crippen molar-refractivity contribution >= 4 is 17.8 Å². The molecule has 0 aliphatic heterocycles. The molecule has 0 saturated heterocycles. The van der Waals surface area contributed by atoms with Crippen LogP contribution in [0.1, 0.15) is 22.8 Å². The van der Waals surface area contributed by atoms with E-state index in [4.69, 9.17) is 4.74 Å². The fourth-order valence-electron chi connectivity index (χ4n) is 2.16. The Kier molecular flexibility index (Phi) is 7.17. The van der Waals surface area contributed by atoms with Crippen molar-refractivity contribution in [3.8, 4) is 5.75 Å². The van der Waals surface area contributed by atoms with Crippen molar-refractivity contribution < 1.29 is 19.1 Å². The molecule has 0 atom stereocenters. The molecular weight excluding hydrogens is 334 g/mol. The predicted molar refractivity (Wildman–Crippen MR) is 96.8 cm³/mol. The van der Waals surface area contributed by atoms with Crippen LogP contribution in [0, 0.1) is 0 Å². The van der Waals surface area contributed by atoms with Gasteiger partial charge in [0.05, 0.1) is 5.56 Å². The van der Waals surface area contributed by atoms with Crippen LogP contribution in [0.2, 0.25) is 0 Å². The summed E-state index contributed by atoms with van der Waals surface area (Å²) in [7, 11) is 0. The van der Waals surface area contributed by atoms with E-state index < -0.39 is 11.9 Å². The Balaban J connectivity index is 1.93. The van der Waals surface area contributed by atoms with Gasteiger partial charge in [0.2, 0.25) is 0 Å². The maximum atomic E-state index is 12.4. The van der Waals surface area contributed by atoms with Crippen LogP contribution in [0.5, 0.6) is 5.75 Å². The molecule has 0 saturated carbocycles. The molecule has 0 aliphatic carbocycles. The number of nitrogens with one attached hydrogen (secondary N) is 3. The van der Waals surface area contributed by atoms with E-state index in [1.165, 1.54) is 0 Å². The Hall–Kier alpha value is -3.35. The average Bonchev–Trinajstić information content (AvgIpc) is 2.65. The highest BCUT2D eigenvalue weighted by atomic mass is 16.5. The summed E-state index contributed by atoms with van der Waals surface area (Å²) in [4.78, 5) is 35.4. The number of hydrogen-bond acceptors (Lipinski definition) is 4. The first kappa shape index (κ1) is 19.0. The van der Waals surface area contributed by atoms with Gasteiger partial charge < -0.3 is 15.4 Å². The SMILES string of the molecule is CCNC(=O)NC(=O)COc1ccccc1C(=O)NCc1ccccc1. The first-order chi connectivity index (χ1) is 12.6. The third kappa shape index (κ3) is 5.94. The zero-order chi connectivity index (χ0) is 18.8. The van der Waals surface area contributed by atoms with Crippen molar-refractivity contribution in [1.82, 2.24) is 16.0 Å². The zero-order valence-electron chi connectivity index (χ0n) is 14.5. The Bertz CT molecular complexity index is 762. The summed E-state index contributed by atoms with van der Waals surface area (Å²) in [5.41, 5.74) is 1.29. The standard InChI is InChI=1S/C19H21N3O4/c1-2-20-19(25)22-17(23)13-26-16-11-7-6-10-15(16)18(24)21-12-14-8-4-3-5-9-14/h3-11H,2,12-13H2,1H3,(H,21,24)(H2,20,22,23,25). The summed E-state index contributed by atoms with van der Waals surface area (Å²) < 4.78 is 5.40. The first-order valence-corrected chi connectivity index (χ1v) is 8.21. The Morgan fingerprint density at radius 3 is 2.35 bits per heavy atom. The molecule has 0 heterocycles. The molecule has 0 fully saturated rings. The van der Waals surface area contributed by atoms with Crippen molar-refractivity contribution in [1.29, 1.82) is 0 Å². The van der Waals surface area contributed by atoms with E-state index >= 15 is 0 Å². The average molecular weight is 355 g/mol. The van der Waals surface area contributed by atoms with Crippen LogP contribution in [0.4, 0.5) is 4.79 Å². The molecule has 0 bridgehead atoms. The molecule has 3 N–H and O–H groups in total. The van der Waals surface area contributed by atoms with E-state index in [0.29, 0.717) is 18.7 Å². The minimum Gasteiger partial charge on any atom is -0.483 e. The monoisotopic (exact) mass is 355 g/mol. The maximum absolute atomic E-state index is 12.4. The number of carbonyl (C=O) groups excluding carboxylic acids is 3. The molecule has 7 nitrogen and oxygen atoms in total. The zero-order valence-corrected chi connectivity index (χ0v) is 14.5. The number of amides is 4. The molecule has 2 aromatic carbocycles. The molecule has 4 amide bonds. The lowest BCUT2D eigenvalue weighted by atomic mass is 10.1. The molecular formula is C19H21N3O4. The van der Waals surface area contributed by atoms with Crippen LogP contribution in [-0.4, -0.2) is 31.0 Å². The topological polar surface area (TPSA) is 96.5 Å². The second-order valence-electron chi connectivity index (χ2n) is 5.36. The number of hydrogen-bond donors (Lipinski definition) is 3. The molecule has 0 aliphatic rings. The van der Waals surface area contributed by atoms with Gasteiger partial charge in [-0.15, -0.1) is 0 Å². The maximum Gasteiger partial charge on any atom is 0.321 e. The smallest absolute Gasteiger partial charge is 0.321 e. The number of ether oxygens (including phenoxy) is 1. The lowest BCUT2D eigenvalue weighted by Crippen LogP contribution is -2.41. The second kappa shape index (κ2) is 9.83. The van der Waals surface area contributed by atoms with Gasteiger partial charge in [0.1, 0.15) is 5.75 Å². The lowest BCUT2D eigenvalue weighted by Gasteiger charge is -2.12. The number of benzene rings is 2. The highest BCUT2D eigenvalue weighted by Gasteiger charge is 2.14. The molecule has 2 aromatic rings. The summed E-state index contributed by atoms with van der Waals surface area (Å²) in [5.74, 6) is -0.645. The molecule has 2 rings (SSSR count). The Morgan fingerprint density at radius 1 is 0.923 bits per heavy atom. The molecule has 0 aromatic heterocycles. The van der Waals surface area contributed by atoms with Gasteiger partial charge in [0, 0.05) is 13.1 Å². The largest absolute Gasteiger partial charge is 0.483 e. The number of rotatable bonds is 7. The van der Waals surface area contributed by atoms with Gasteiger partial charge in [-0.2, -0.15) is 0 Å². The molecule has 7 heteroatoms. The quantitative estimate of drug-likeness (QED) is 0.706. The third-order valence-corrected chi connectivity index (χ3v) is 3.38. The molecule has 0 unspecified atom stereocenters. The van der Waals surface area contributed by atoms with Gasteiger partial charge in [0.25, 0.3) is 11.8 Å². The summed E-state index contributed by atoms with van der Waals surface area (Å²) >= 11 is 0. The first-order valence-electron chi connectivity index (χ1n) is 8.21. The highest BCUT2D eigenvalue weighted by Crippen LogP contribution is 2.18. The van der Waals surface area contributed by atoms with Gasteiger partial charge in [-0.3, -0.25) is 14.9 Å². The molecule has 0 spiro atoms. The fourth-order valence-corrected chi connectivity index (χ4v) is 2.16. The van der Waals surface area contributed by atoms with Crippen LogP contribution in [0.25, 0.3) is 0 Å². The number of urea groups is 1. The number of carbonyl (C=O) groups is 3. The van der Waals surface area contributed by atoms with Crippen LogP contribution >= 0.6 is 0 Å². The number of imide groups is 1. The van der Waals surface area contributed by atoms with E-state index in [9.17, 15) is 14.4 Å². The van der Waals surface area contributed by atoms with Gasteiger partial charge in [-0.25, -0.2) is 4.79 Å². The van der Waals surface area contributed by atoms with E-state index in [2.05, 4.69) is 16.0 Å². The van der Waals surface area contributed by atoms with E-state index in [0.717, 1.165) is 5.56 Å². The minimum absolute atomic E-state index is 0.268. The normalized spacial score (nSPS) is 9.88.